The summed E-state index contributed by atoms with van der Waals surface area (Å²) in [5, 5.41) is 20.1. The van der Waals surface area contributed by atoms with Crippen molar-refractivity contribution in [3.63, 3.8) is 0 Å². The predicted molar refractivity (Wildman–Crippen MR) is 128 cm³/mol. The van der Waals surface area contributed by atoms with Crippen molar-refractivity contribution in [3.8, 4) is 0 Å². The fraction of sp³-hybridized carbons (Fsp3) is 0.455. The van der Waals surface area contributed by atoms with Crippen molar-refractivity contribution >= 4 is 40.2 Å². The first-order chi connectivity index (χ1) is 16.1. The van der Waals surface area contributed by atoms with Crippen LogP contribution >= 0.6 is 11.8 Å². The highest BCUT2D eigenvalue weighted by molar-refractivity contribution is 7.99. The molecular formula is C22H27N7O3S. The van der Waals surface area contributed by atoms with Gasteiger partial charge in [0.1, 0.15) is 11.4 Å². The molecule has 0 saturated carbocycles. The van der Waals surface area contributed by atoms with Crippen molar-refractivity contribution < 1.29 is 9.72 Å². The first kappa shape index (κ1) is 23.0. The lowest BCUT2D eigenvalue weighted by molar-refractivity contribution is -0.385. The zero-order valence-electron chi connectivity index (χ0n) is 18.6. The van der Waals surface area contributed by atoms with Crippen molar-refractivity contribution in [1.82, 2.24) is 25.1 Å². The minimum atomic E-state index is -0.551. The van der Waals surface area contributed by atoms with Crippen LogP contribution in [0.4, 0.5) is 11.5 Å². The Hall–Kier alpha value is -3.21. The highest BCUT2D eigenvalue weighted by Crippen LogP contribution is 2.29. The number of rotatable bonds is 9. The number of piperidine rings is 1. The average molecular weight is 470 g/mol. The molecule has 1 N–H and O–H groups in total. The molecule has 0 spiro atoms. The van der Waals surface area contributed by atoms with E-state index in [9.17, 15) is 14.9 Å². The third-order valence-corrected chi connectivity index (χ3v) is 6.55. The minimum Gasteiger partial charge on any atom is -0.356 e. The second-order valence-electron chi connectivity index (χ2n) is 7.86. The Morgan fingerprint density at radius 2 is 2.00 bits per heavy atom. The molecule has 10 nitrogen and oxygen atoms in total. The zero-order valence-corrected chi connectivity index (χ0v) is 19.4. The lowest BCUT2D eigenvalue weighted by Crippen LogP contribution is -2.30. The van der Waals surface area contributed by atoms with Gasteiger partial charge in [0.2, 0.25) is 0 Å². The van der Waals surface area contributed by atoms with Gasteiger partial charge in [-0.1, -0.05) is 30.8 Å². The van der Waals surface area contributed by atoms with Crippen LogP contribution in [-0.4, -0.2) is 56.0 Å². The number of thioether (sulfide) groups is 1. The molecule has 1 aliphatic rings. The van der Waals surface area contributed by atoms with Crippen molar-refractivity contribution in [2.24, 2.45) is 0 Å². The third-order valence-electron chi connectivity index (χ3n) is 5.50. The monoisotopic (exact) mass is 469 g/mol. The quantitative estimate of drug-likeness (QED) is 0.218. The first-order valence-electron chi connectivity index (χ1n) is 11.2. The average Bonchev–Trinajstić information content (AvgIpc) is 3.25. The van der Waals surface area contributed by atoms with Crippen LogP contribution in [0.1, 0.15) is 43.0 Å². The van der Waals surface area contributed by atoms with E-state index in [1.54, 1.807) is 34.8 Å². The fourth-order valence-electron chi connectivity index (χ4n) is 3.88. The van der Waals surface area contributed by atoms with Crippen LogP contribution in [0, 0.1) is 10.1 Å². The molecule has 2 aromatic heterocycles. The molecule has 4 rings (SSSR count). The molecule has 0 bridgehead atoms. The van der Waals surface area contributed by atoms with Crippen LogP contribution in [-0.2, 0) is 6.54 Å². The standard InChI is InChI=1S/C22H27N7O3S/c1-2-14-33-22-25-19(27-11-6-3-7-12-27)17-15-24-28(20(17)26-22)13-10-23-21(30)16-8-4-5-9-18(16)29(31)32/h4-5,8-9,15H,2-3,6-7,10-14H2,1H3,(H,23,30). The first-order valence-corrected chi connectivity index (χ1v) is 12.2. The number of benzene rings is 1. The summed E-state index contributed by atoms with van der Waals surface area (Å²) in [6.07, 6.45) is 6.35. The number of nitro groups is 1. The number of anilines is 1. The number of amides is 1. The van der Waals surface area contributed by atoms with Gasteiger partial charge in [-0.05, 0) is 31.7 Å². The Bertz CT molecular complexity index is 1140. The van der Waals surface area contributed by atoms with Crippen molar-refractivity contribution in [3.05, 3.63) is 46.1 Å². The van der Waals surface area contributed by atoms with Crippen LogP contribution in [0.15, 0.2) is 35.6 Å². The topological polar surface area (TPSA) is 119 Å². The molecule has 1 fully saturated rings. The lowest BCUT2D eigenvalue weighted by Gasteiger charge is -2.28. The van der Waals surface area contributed by atoms with E-state index >= 15 is 0 Å². The number of carbonyl (C=O) groups is 1. The number of nitro benzene ring substituents is 1. The fourth-order valence-corrected chi connectivity index (χ4v) is 4.57. The molecular weight excluding hydrogens is 442 g/mol. The molecule has 0 unspecified atom stereocenters. The predicted octanol–water partition coefficient (Wildman–Crippen LogP) is 3.66. The van der Waals surface area contributed by atoms with E-state index in [0.717, 1.165) is 60.1 Å². The van der Waals surface area contributed by atoms with Crippen LogP contribution < -0.4 is 10.2 Å². The van der Waals surface area contributed by atoms with Gasteiger partial charge in [-0.3, -0.25) is 14.9 Å². The summed E-state index contributed by atoms with van der Waals surface area (Å²) in [7, 11) is 0. The number of carbonyl (C=O) groups excluding carboxylic acids is 1. The third kappa shape index (κ3) is 5.24. The zero-order chi connectivity index (χ0) is 23.2. The highest BCUT2D eigenvalue weighted by atomic mass is 32.2. The summed E-state index contributed by atoms with van der Waals surface area (Å²) in [6.45, 7) is 4.73. The molecule has 0 atom stereocenters. The van der Waals surface area contributed by atoms with E-state index in [1.165, 1.54) is 18.6 Å². The Kier molecular flexibility index (Phi) is 7.38. The maximum atomic E-state index is 12.5. The lowest BCUT2D eigenvalue weighted by atomic mass is 10.1. The van der Waals surface area contributed by atoms with E-state index in [1.807, 2.05) is 0 Å². The van der Waals surface area contributed by atoms with E-state index in [-0.39, 0.29) is 17.8 Å². The summed E-state index contributed by atoms with van der Waals surface area (Å²) < 4.78 is 1.76. The number of nitrogens with zero attached hydrogens (tertiary/aromatic N) is 6. The Morgan fingerprint density at radius 1 is 1.21 bits per heavy atom. The molecule has 1 aromatic carbocycles. The minimum absolute atomic E-state index is 0.0424. The maximum Gasteiger partial charge on any atom is 0.282 e. The molecule has 3 aromatic rings. The summed E-state index contributed by atoms with van der Waals surface area (Å²) in [5.41, 5.74) is 0.570. The summed E-state index contributed by atoms with van der Waals surface area (Å²) in [5.74, 6) is 1.38. The molecule has 0 aliphatic carbocycles. The Balaban J connectivity index is 1.53. The summed E-state index contributed by atoms with van der Waals surface area (Å²) in [4.78, 5) is 35.1. The van der Waals surface area contributed by atoms with Gasteiger partial charge in [0.05, 0.1) is 23.1 Å². The van der Waals surface area contributed by atoms with E-state index < -0.39 is 10.8 Å². The van der Waals surface area contributed by atoms with Gasteiger partial charge in [-0.15, -0.1) is 0 Å². The van der Waals surface area contributed by atoms with Gasteiger partial charge in [0.25, 0.3) is 11.6 Å². The molecule has 11 heteroatoms. The van der Waals surface area contributed by atoms with Crippen molar-refractivity contribution in [2.45, 2.75) is 44.3 Å². The SMILES string of the molecule is CCCSc1nc(N2CCCCC2)c2cnn(CCNC(=O)c3ccccc3[N+](=O)[O-])c2n1. The molecule has 174 valence electrons. The number of aromatic nitrogens is 4. The molecule has 33 heavy (non-hydrogen) atoms. The van der Waals surface area contributed by atoms with Gasteiger partial charge in [-0.25, -0.2) is 14.6 Å². The van der Waals surface area contributed by atoms with E-state index in [2.05, 4.69) is 22.2 Å². The van der Waals surface area contributed by atoms with Gasteiger partial charge >= 0.3 is 0 Å². The maximum absolute atomic E-state index is 12.5. The summed E-state index contributed by atoms with van der Waals surface area (Å²) >= 11 is 1.63. The Labute approximate surface area is 195 Å². The van der Waals surface area contributed by atoms with Crippen LogP contribution in [0.5, 0.6) is 0 Å². The van der Waals surface area contributed by atoms with Crippen LogP contribution in [0.25, 0.3) is 11.0 Å². The molecule has 1 aliphatic heterocycles. The number of nitrogens with one attached hydrogen (secondary N) is 1. The number of hydrogen-bond donors (Lipinski definition) is 1. The summed E-state index contributed by atoms with van der Waals surface area (Å²) in [6, 6.07) is 5.92. The van der Waals surface area contributed by atoms with Crippen molar-refractivity contribution in [1.29, 1.82) is 0 Å². The normalized spacial score (nSPS) is 13.9. The number of para-hydroxylation sites is 1. The second kappa shape index (κ2) is 10.6. The van der Waals surface area contributed by atoms with Gasteiger partial charge in [-0.2, -0.15) is 5.10 Å². The van der Waals surface area contributed by atoms with Crippen LogP contribution in [0.2, 0.25) is 0 Å². The smallest absolute Gasteiger partial charge is 0.282 e. The molecule has 1 saturated heterocycles. The van der Waals surface area contributed by atoms with E-state index in [0.29, 0.717) is 6.54 Å². The Morgan fingerprint density at radius 3 is 2.76 bits per heavy atom. The van der Waals surface area contributed by atoms with Crippen molar-refractivity contribution in [2.75, 3.05) is 30.3 Å². The van der Waals surface area contributed by atoms with E-state index in [4.69, 9.17) is 9.97 Å². The van der Waals surface area contributed by atoms with Gasteiger partial charge in [0.15, 0.2) is 10.8 Å². The molecule has 1 amide bonds. The van der Waals surface area contributed by atoms with Gasteiger partial charge in [0, 0.05) is 31.5 Å². The van der Waals surface area contributed by atoms with Gasteiger partial charge < -0.3 is 10.2 Å². The number of hydrogen-bond acceptors (Lipinski definition) is 8. The molecule has 0 radical (unpaired) electrons. The molecule has 3 heterocycles. The van der Waals surface area contributed by atoms with Crippen LogP contribution in [0.3, 0.4) is 0 Å². The largest absolute Gasteiger partial charge is 0.356 e. The second-order valence-corrected chi connectivity index (χ2v) is 8.92. The highest BCUT2D eigenvalue weighted by Gasteiger charge is 2.21. The number of fused-ring (bicyclic) bond motifs is 1.